The summed E-state index contributed by atoms with van der Waals surface area (Å²) in [6.07, 6.45) is 0. The lowest BCUT2D eigenvalue weighted by molar-refractivity contribution is 1.05. The van der Waals surface area contributed by atoms with Crippen molar-refractivity contribution in [1.29, 1.82) is 0 Å². The quantitative estimate of drug-likeness (QED) is 0.585. The van der Waals surface area contributed by atoms with Crippen molar-refractivity contribution in [2.24, 2.45) is 0 Å². The zero-order valence-corrected chi connectivity index (χ0v) is 14.7. The summed E-state index contributed by atoms with van der Waals surface area (Å²) in [7, 11) is 0. The summed E-state index contributed by atoms with van der Waals surface area (Å²) in [5.74, 6) is 0.692. The topological polar surface area (TPSA) is 46.9 Å². The van der Waals surface area contributed by atoms with Gasteiger partial charge in [0.2, 0.25) is 0 Å². The summed E-state index contributed by atoms with van der Waals surface area (Å²) in [5.41, 5.74) is 4.33. The fourth-order valence-corrected chi connectivity index (χ4v) is 3.26. The minimum atomic E-state index is -0.0318. The van der Waals surface area contributed by atoms with E-state index in [1.54, 1.807) is 6.07 Å². The summed E-state index contributed by atoms with van der Waals surface area (Å²) >= 11 is 0. The second kappa shape index (κ2) is 6.48. The van der Waals surface area contributed by atoms with E-state index in [4.69, 9.17) is 4.98 Å². The number of pyridine rings is 2. The van der Waals surface area contributed by atoms with Crippen molar-refractivity contribution in [3.05, 3.63) is 94.3 Å². The Morgan fingerprint density at radius 2 is 1.54 bits per heavy atom. The first kappa shape index (κ1) is 16.1. The molecule has 0 saturated carbocycles. The van der Waals surface area contributed by atoms with E-state index in [0.717, 1.165) is 22.6 Å². The van der Waals surface area contributed by atoms with E-state index in [1.165, 1.54) is 0 Å². The van der Waals surface area contributed by atoms with Gasteiger partial charge in [0.05, 0.1) is 5.39 Å². The number of hydrogen-bond acceptors (Lipinski definition) is 3. The van der Waals surface area contributed by atoms with Crippen molar-refractivity contribution in [3.63, 3.8) is 0 Å². The molecule has 0 saturated heterocycles. The number of para-hydroxylation sites is 2. The highest BCUT2D eigenvalue weighted by Crippen LogP contribution is 2.25. The summed E-state index contributed by atoms with van der Waals surface area (Å²) < 4.78 is 2.00. The van der Waals surface area contributed by atoms with E-state index in [2.05, 4.69) is 5.32 Å². The van der Waals surface area contributed by atoms with Gasteiger partial charge in [0, 0.05) is 23.1 Å². The largest absolute Gasteiger partial charge is 0.341 e. The Morgan fingerprint density at radius 1 is 0.885 bits per heavy atom. The van der Waals surface area contributed by atoms with Crippen LogP contribution in [-0.2, 0) is 0 Å². The third-order valence-electron chi connectivity index (χ3n) is 4.35. The van der Waals surface area contributed by atoms with Gasteiger partial charge in [-0.3, -0.25) is 9.36 Å². The summed E-state index contributed by atoms with van der Waals surface area (Å²) in [4.78, 5) is 17.5. The van der Waals surface area contributed by atoms with Gasteiger partial charge in [0.15, 0.2) is 11.1 Å². The van der Waals surface area contributed by atoms with Crippen LogP contribution in [0.25, 0.3) is 16.7 Å². The summed E-state index contributed by atoms with van der Waals surface area (Å²) in [5, 5.41) is 4.02. The smallest absolute Gasteiger partial charge is 0.193 e. The van der Waals surface area contributed by atoms with Gasteiger partial charge < -0.3 is 5.32 Å². The first-order valence-electron chi connectivity index (χ1n) is 8.55. The second-order valence-electron chi connectivity index (χ2n) is 6.33. The Bertz CT molecular complexity index is 1130. The first-order valence-corrected chi connectivity index (χ1v) is 8.55. The molecule has 4 rings (SSSR count). The fraction of sp³-hybridized carbons (Fsp3) is 0.0909. The summed E-state index contributed by atoms with van der Waals surface area (Å²) in [6.45, 7) is 3.90. The highest BCUT2D eigenvalue weighted by molar-refractivity contribution is 5.83. The molecule has 0 bridgehead atoms. The van der Waals surface area contributed by atoms with Crippen molar-refractivity contribution >= 4 is 22.5 Å². The Balaban J connectivity index is 2.06. The van der Waals surface area contributed by atoms with E-state index in [0.29, 0.717) is 16.9 Å². The fourth-order valence-electron chi connectivity index (χ4n) is 3.26. The highest BCUT2D eigenvalue weighted by Gasteiger charge is 2.14. The molecule has 4 aromatic rings. The van der Waals surface area contributed by atoms with Gasteiger partial charge in [-0.1, -0.05) is 36.4 Å². The molecule has 0 unspecified atom stereocenters. The minimum Gasteiger partial charge on any atom is -0.341 e. The Hall–Kier alpha value is -3.40. The van der Waals surface area contributed by atoms with Crippen LogP contribution in [0.2, 0.25) is 0 Å². The molecule has 1 N–H and O–H groups in total. The number of aromatic nitrogens is 2. The predicted molar refractivity (Wildman–Crippen MR) is 107 cm³/mol. The molecule has 0 aliphatic carbocycles. The van der Waals surface area contributed by atoms with Gasteiger partial charge in [0.25, 0.3) is 0 Å². The number of rotatable bonds is 3. The van der Waals surface area contributed by atoms with Gasteiger partial charge in [-0.15, -0.1) is 0 Å². The van der Waals surface area contributed by atoms with Crippen molar-refractivity contribution in [3.8, 4) is 5.69 Å². The molecule has 0 amide bonds. The highest BCUT2D eigenvalue weighted by atomic mass is 16.1. The van der Waals surface area contributed by atoms with E-state index >= 15 is 0 Å². The van der Waals surface area contributed by atoms with E-state index < -0.39 is 0 Å². The van der Waals surface area contributed by atoms with Gasteiger partial charge >= 0.3 is 0 Å². The standard InChI is InChI=1S/C22H19N3O/c1-15-13-16(2)23-22-21(15)19(26)14-20(24-17-9-5-3-6-10-17)25(22)18-11-7-4-8-12-18/h3-14,24H,1-2H3. The molecular weight excluding hydrogens is 322 g/mol. The van der Waals surface area contributed by atoms with Crippen molar-refractivity contribution in [1.82, 2.24) is 9.55 Å². The predicted octanol–water partition coefficient (Wildman–Crippen LogP) is 4.75. The monoisotopic (exact) mass is 341 g/mol. The van der Waals surface area contributed by atoms with Crippen molar-refractivity contribution in [2.45, 2.75) is 13.8 Å². The maximum atomic E-state index is 12.8. The number of nitrogens with one attached hydrogen (secondary N) is 1. The maximum absolute atomic E-state index is 12.8. The minimum absolute atomic E-state index is 0.0318. The lowest BCUT2D eigenvalue weighted by Crippen LogP contribution is -2.15. The van der Waals surface area contributed by atoms with Crippen LogP contribution < -0.4 is 10.7 Å². The third-order valence-corrected chi connectivity index (χ3v) is 4.35. The molecule has 0 fully saturated rings. The summed E-state index contributed by atoms with van der Waals surface area (Å²) in [6, 6.07) is 23.4. The number of benzene rings is 2. The number of nitrogens with zero attached hydrogens (tertiary/aromatic N) is 2. The first-order chi connectivity index (χ1) is 12.6. The van der Waals surface area contributed by atoms with Gasteiger partial charge in [0.1, 0.15) is 5.82 Å². The van der Waals surface area contributed by atoms with Gasteiger partial charge in [-0.25, -0.2) is 4.98 Å². The molecule has 0 aliphatic rings. The van der Waals surface area contributed by atoms with E-state index in [-0.39, 0.29) is 5.43 Å². The number of aryl methyl sites for hydroxylation is 2. The average molecular weight is 341 g/mol. The van der Waals surface area contributed by atoms with Crippen LogP contribution in [0.1, 0.15) is 11.3 Å². The third kappa shape index (κ3) is 2.86. The molecular formula is C22H19N3O. The van der Waals surface area contributed by atoms with Gasteiger partial charge in [-0.2, -0.15) is 0 Å². The second-order valence-corrected chi connectivity index (χ2v) is 6.33. The van der Waals surface area contributed by atoms with Crippen LogP contribution in [0, 0.1) is 13.8 Å². The van der Waals surface area contributed by atoms with Crippen LogP contribution in [0.3, 0.4) is 0 Å². The molecule has 2 heterocycles. The van der Waals surface area contributed by atoms with Crippen molar-refractivity contribution in [2.75, 3.05) is 5.32 Å². The van der Waals surface area contributed by atoms with Crippen LogP contribution in [0.15, 0.2) is 77.6 Å². The Morgan fingerprint density at radius 3 is 2.23 bits per heavy atom. The Labute approximate surface area is 151 Å². The SMILES string of the molecule is Cc1cc(C)c2c(=O)cc(Nc3ccccc3)n(-c3ccccc3)c2n1. The molecule has 0 atom stereocenters. The van der Waals surface area contributed by atoms with E-state index in [1.807, 2.05) is 85.1 Å². The molecule has 4 nitrogen and oxygen atoms in total. The molecule has 2 aromatic carbocycles. The molecule has 0 spiro atoms. The lowest BCUT2D eigenvalue weighted by Gasteiger charge is -2.18. The zero-order valence-electron chi connectivity index (χ0n) is 14.7. The molecule has 0 aliphatic heterocycles. The molecule has 0 radical (unpaired) electrons. The Kier molecular flexibility index (Phi) is 4.01. The van der Waals surface area contributed by atoms with Crippen LogP contribution in [0.4, 0.5) is 11.5 Å². The molecule has 4 heteroatoms. The molecule has 26 heavy (non-hydrogen) atoms. The lowest BCUT2D eigenvalue weighted by atomic mass is 10.1. The number of anilines is 2. The normalized spacial score (nSPS) is 10.8. The van der Waals surface area contributed by atoms with Crippen LogP contribution in [-0.4, -0.2) is 9.55 Å². The van der Waals surface area contributed by atoms with Crippen LogP contribution in [0.5, 0.6) is 0 Å². The number of fused-ring (bicyclic) bond motifs is 1. The zero-order chi connectivity index (χ0) is 18.1. The van der Waals surface area contributed by atoms with Gasteiger partial charge in [-0.05, 0) is 49.7 Å². The van der Waals surface area contributed by atoms with Crippen molar-refractivity contribution < 1.29 is 0 Å². The van der Waals surface area contributed by atoms with Crippen LogP contribution >= 0.6 is 0 Å². The average Bonchev–Trinajstić information content (AvgIpc) is 2.62. The number of hydrogen-bond donors (Lipinski definition) is 1. The maximum Gasteiger partial charge on any atom is 0.193 e. The molecule has 2 aromatic heterocycles. The molecule has 128 valence electrons. The van der Waals surface area contributed by atoms with E-state index in [9.17, 15) is 4.79 Å².